The lowest BCUT2D eigenvalue weighted by Crippen LogP contribution is -2.12. The van der Waals surface area contributed by atoms with Gasteiger partial charge >= 0.3 is 6.01 Å². The van der Waals surface area contributed by atoms with Crippen LogP contribution in [0.1, 0.15) is 11.1 Å². The van der Waals surface area contributed by atoms with Crippen LogP contribution in [0.2, 0.25) is 0 Å². The largest absolute Gasteiger partial charge is 0.399 e. The minimum atomic E-state index is 0.103. The summed E-state index contributed by atoms with van der Waals surface area (Å²) >= 11 is 0. The van der Waals surface area contributed by atoms with Gasteiger partial charge in [-0.3, -0.25) is 0 Å². The SMILES string of the molecule is C=C(N)c1cnc(On2nnc3ccccc32)nc1Nc1cccc(C)c1. The van der Waals surface area contributed by atoms with Gasteiger partial charge in [0.05, 0.1) is 5.56 Å². The standard InChI is InChI=1S/C19H17N7O/c1-12-6-5-7-14(10-12)22-18-15(13(2)20)11-21-19(23-18)27-26-17-9-4-3-8-16(17)24-25-26/h3-11H,2,20H2,1H3,(H,21,22,23). The lowest BCUT2D eigenvalue weighted by atomic mass is 10.2. The van der Waals surface area contributed by atoms with Gasteiger partial charge in [0.15, 0.2) is 0 Å². The topological polar surface area (TPSA) is 104 Å². The number of hydrogen-bond donors (Lipinski definition) is 2. The van der Waals surface area contributed by atoms with Crippen molar-refractivity contribution in [3.63, 3.8) is 0 Å². The molecule has 0 aliphatic heterocycles. The maximum absolute atomic E-state index is 5.88. The zero-order valence-corrected chi connectivity index (χ0v) is 14.6. The van der Waals surface area contributed by atoms with E-state index < -0.39 is 0 Å². The van der Waals surface area contributed by atoms with Crippen molar-refractivity contribution in [3.8, 4) is 6.01 Å². The molecule has 3 N–H and O–H groups in total. The van der Waals surface area contributed by atoms with Crippen LogP contribution < -0.4 is 15.9 Å². The molecule has 0 spiro atoms. The molecule has 2 aromatic carbocycles. The first kappa shape index (κ1) is 16.5. The molecule has 0 unspecified atom stereocenters. The van der Waals surface area contributed by atoms with Gasteiger partial charge < -0.3 is 15.9 Å². The normalized spacial score (nSPS) is 10.7. The van der Waals surface area contributed by atoms with Crippen molar-refractivity contribution in [2.24, 2.45) is 5.73 Å². The Bertz CT molecular complexity index is 1140. The summed E-state index contributed by atoms with van der Waals surface area (Å²) in [7, 11) is 0. The van der Waals surface area contributed by atoms with E-state index in [1.54, 1.807) is 6.20 Å². The molecule has 0 radical (unpaired) electrons. The van der Waals surface area contributed by atoms with Gasteiger partial charge in [0.1, 0.15) is 16.9 Å². The van der Waals surface area contributed by atoms with Gasteiger partial charge in [-0.2, -0.15) is 4.98 Å². The fourth-order valence-corrected chi connectivity index (χ4v) is 2.59. The molecule has 0 amide bonds. The van der Waals surface area contributed by atoms with Crippen LogP contribution >= 0.6 is 0 Å². The monoisotopic (exact) mass is 359 g/mol. The van der Waals surface area contributed by atoms with Crippen LogP contribution in [-0.4, -0.2) is 25.1 Å². The molecule has 2 heterocycles. The second kappa shape index (κ2) is 6.75. The van der Waals surface area contributed by atoms with Crippen LogP contribution in [0.3, 0.4) is 0 Å². The van der Waals surface area contributed by atoms with Crippen molar-refractivity contribution in [3.05, 3.63) is 72.4 Å². The van der Waals surface area contributed by atoms with Crippen LogP contribution in [-0.2, 0) is 0 Å². The van der Waals surface area contributed by atoms with Gasteiger partial charge in [-0.25, -0.2) is 4.98 Å². The van der Waals surface area contributed by atoms with E-state index in [4.69, 9.17) is 10.6 Å². The molecule has 4 rings (SSSR count). The van der Waals surface area contributed by atoms with E-state index in [0.29, 0.717) is 28.1 Å². The van der Waals surface area contributed by atoms with E-state index in [1.165, 1.54) is 4.85 Å². The summed E-state index contributed by atoms with van der Waals surface area (Å²) in [6.45, 7) is 5.79. The maximum Gasteiger partial charge on any atom is 0.347 e. The number of rotatable bonds is 5. The number of fused-ring (bicyclic) bond motifs is 1. The molecule has 0 aliphatic carbocycles. The van der Waals surface area contributed by atoms with Gasteiger partial charge in [0, 0.05) is 17.6 Å². The second-order valence-corrected chi connectivity index (χ2v) is 5.98. The van der Waals surface area contributed by atoms with Gasteiger partial charge in [0.25, 0.3) is 0 Å². The first-order valence-corrected chi connectivity index (χ1v) is 8.24. The van der Waals surface area contributed by atoms with Crippen LogP contribution in [0.5, 0.6) is 6.01 Å². The number of nitrogens with one attached hydrogen (secondary N) is 1. The van der Waals surface area contributed by atoms with Gasteiger partial charge in [-0.1, -0.05) is 35.7 Å². The lowest BCUT2D eigenvalue weighted by molar-refractivity contribution is 0.167. The molecule has 4 aromatic rings. The third-order valence-corrected chi connectivity index (χ3v) is 3.88. The summed E-state index contributed by atoms with van der Waals surface area (Å²) in [5.41, 5.74) is 10.2. The molecule has 8 heteroatoms. The Morgan fingerprint density at radius 3 is 2.85 bits per heavy atom. The Hall–Kier alpha value is -3.94. The minimum absolute atomic E-state index is 0.103. The highest BCUT2D eigenvalue weighted by atomic mass is 16.7. The quantitative estimate of drug-likeness (QED) is 0.564. The number of benzene rings is 2. The molecular weight excluding hydrogens is 342 g/mol. The first-order valence-electron chi connectivity index (χ1n) is 8.24. The van der Waals surface area contributed by atoms with E-state index in [1.807, 2.05) is 55.5 Å². The predicted molar refractivity (Wildman–Crippen MR) is 103 cm³/mol. The first-order chi connectivity index (χ1) is 13.1. The fourth-order valence-electron chi connectivity index (χ4n) is 2.59. The van der Waals surface area contributed by atoms with Crippen molar-refractivity contribution in [2.75, 3.05) is 5.32 Å². The third-order valence-electron chi connectivity index (χ3n) is 3.88. The Morgan fingerprint density at radius 1 is 1.19 bits per heavy atom. The predicted octanol–water partition coefficient (Wildman–Crippen LogP) is 3.04. The van der Waals surface area contributed by atoms with Crippen LogP contribution in [0.25, 0.3) is 16.7 Å². The number of aryl methyl sites for hydroxylation is 1. The third kappa shape index (κ3) is 3.40. The lowest BCUT2D eigenvalue weighted by Gasteiger charge is -2.12. The maximum atomic E-state index is 5.88. The Balaban J connectivity index is 1.69. The summed E-state index contributed by atoms with van der Waals surface area (Å²) in [6.07, 6.45) is 1.56. The molecule has 0 fully saturated rings. The van der Waals surface area contributed by atoms with Crippen LogP contribution in [0, 0.1) is 6.92 Å². The summed E-state index contributed by atoms with van der Waals surface area (Å²) < 4.78 is 0. The second-order valence-electron chi connectivity index (χ2n) is 5.98. The molecular formula is C19H17N7O. The molecule has 134 valence electrons. The number of nitrogens with zero attached hydrogens (tertiary/aromatic N) is 5. The molecule has 0 saturated heterocycles. The Morgan fingerprint density at radius 2 is 2.04 bits per heavy atom. The molecule has 0 saturated carbocycles. The summed E-state index contributed by atoms with van der Waals surface area (Å²) in [6, 6.07) is 15.4. The molecule has 27 heavy (non-hydrogen) atoms. The Labute approximate surface area is 155 Å². The van der Waals surface area contributed by atoms with E-state index in [9.17, 15) is 0 Å². The molecule has 2 aromatic heterocycles. The smallest absolute Gasteiger partial charge is 0.347 e. The summed E-state index contributed by atoms with van der Waals surface area (Å²) in [5, 5.41) is 11.3. The minimum Gasteiger partial charge on any atom is -0.399 e. The van der Waals surface area contributed by atoms with Gasteiger partial charge in [-0.05, 0) is 42.0 Å². The number of nitrogens with two attached hydrogens (primary N) is 1. The Kier molecular flexibility index (Phi) is 4.13. The van der Waals surface area contributed by atoms with E-state index in [-0.39, 0.29) is 6.01 Å². The highest BCUT2D eigenvalue weighted by Gasteiger charge is 2.13. The van der Waals surface area contributed by atoms with E-state index in [2.05, 4.69) is 32.2 Å². The number of anilines is 2. The number of aromatic nitrogens is 5. The molecule has 8 nitrogen and oxygen atoms in total. The summed E-state index contributed by atoms with van der Waals surface area (Å²) in [5.74, 6) is 0.488. The van der Waals surface area contributed by atoms with Crippen LogP contribution in [0.15, 0.2) is 61.3 Å². The van der Waals surface area contributed by atoms with Crippen molar-refractivity contribution in [2.45, 2.75) is 6.92 Å². The van der Waals surface area contributed by atoms with Crippen LogP contribution in [0.4, 0.5) is 11.5 Å². The van der Waals surface area contributed by atoms with Crippen molar-refractivity contribution < 1.29 is 4.84 Å². The average molecular weight is 359 g/mol. The van der Waals surface area contributed by atoms with Gasteiger partial charge in [-0.15, -0.1) is 5.10 Å². The van der Waals surface area contributed by atoms with Crippen molar-refractivity contribution >= 4 is 28.2 Å². The zero-order chi connectivity index (χ0) is 18.8. The molecule has 0 atom stereocenters. The zero-order valence-electron chi connectivity index (χ0n) is 14.6. The highest BCUT2D eigenvalue weighted by molar-refractivity contribution is 5.74. The van der Waals surface area contributed by atoms with Crippen molar-refractivity contribution in [1.29, 1.82) is 0 Å². The highest BCUT2D eigenvalue weighted by Crippen LogP contribution is 2.24. The van der Waals surface area contributed by atoms with Gasteiger partial charge in [0.2, 0.25) is 0 Å². The number of hydrogen-bond acceptors (Lipinski definition) is 7. The fraction of sp³-hybridized carbons (Fsp3) is 0.0526. The molecule has 0 aliphatic rings. The number of para-hydroxylation sites is 1. The van der Waals surface area contributed by atoms with E-state index in [0.717, 1.165) is 11.3 Å². The average Bonchev–Trinajstić information content (AvgIpc) is 3.05. The molecule has 0 bridgehead atoms. The van der Waals surface area contributed by atoms with Crippen molar-refractivity contribution in [1.82, 2.24) is 25.1 Å². The van der Waals surface area contributed by atoms with E-state index >= 15 is 0 Å². The summed E-state index contributed by atoms with van der Waals surface area (Å²) in [4.78, 5) is 15.6.